The first kappa shape index (κ1) is 37.4. The number of hydrogen-bond acceptors (Lipinski definition) is 5. The highest BCUT2D eigenvalue weighted by atomic mass is 32.2. The second kappa shape index (κ2) is 13.5. The zero-order valence-electron chi connectivity index (χ0n) is 34.6. The van der Waals surface area contributed by atoms with Crippen LogP contribution in [0.4, 0.5) is 0 Å². The van der Waals surface area contributed by atoms with Crippen molar-refractivity contribution in [3.63, 3.8) is 0 Å². The van der Waals surface area contributed by atoms with Gasteiger partial charge in [0, 0.05) is 32.4 Å². The molecular weight excluding hydrogens is 721 g/mol. The maximum atomic E-state index is 7.82. The Morgan fingerprint density at radius 2 is 1.23 bits per heavy atom. The molecule has 0 radical (unpaired) electrons. The Balaban J connectivity index is 1.39. The SMILES string of the molecule is COc1ccc(C2(c3ccc(OC)cc3)C=Cc3c4c(c5cc(OC)c(Sc6c(C)cccc6C)cc5c3O2)-c2ccccc2C42CC(C)(C)CC(C)(C)C2)cc1. The molecule has 1 spiro atoms. The predicted octanol–water partition coefficient (Wildman–Crippen LogP) is 13.5. The molecule has 57 heavy (non-hydrogen) atoms. The zero-order valence-corrected chi connectivity index (χ0v) is 35.4. The molecule has 6 aromatic rings. The molecule has 0 amide bonds. The largest absolute Gasteiger partial charge is 0.497 e. The monoisotopic (exact) mass is 772 g/mol. The topological polar surface area (TPSA) is 36.9 Å². The first-order valence-electron chi connectivity index (χ1n) is 20.1. The molecule has 1 fully saturated rings. The quantitative estimate of drug-likeness (QED) is 0.162. The van der Waals surface area contributed by atoms with Gasteiger partial charge < -0.3 is 18.9 Å². The Morgan fingerprint density at radius 3 is 1.81 bits per heavy atom. The Morgan fingerprint density at radius 1 is 0.632 bits per heavy atom. The molecular formula is C52H52O4S. The van der Waals surface area contributed by atoms with E-state index in [2.05, 4.69) is 133 Å². The van der Waals surface area contributed by atoms with Crippen molar-refractivity contribution in [2.75, 3.05) is 21.3 Å². The molecule has 0 atom stereocenters. The zero-order chi connectivity index (χ0) is 39.9. The number of benzene rings is 6. The fraction of sp³-hybridized carbons (Fsp3) is 0.308. The lowest BCUT2D eigenvalue weighted by Crippen LogP contribution is -2.44. The second-order valence-electron chi connectivity index (χ2n) is 18.0. The standard InChI is InChI=1S/C52H52O4S/c1-32-13-12-14-33(2)48(32)57-44-28-41-40(27-43(44)55-9)45-38-15-10-11-16-42(38)51(30-49(3,4)29-50(5,6)31-51)46(45)39-25-26-52(56-47(39)41,34-17-21-36(53-7)22-18-34)35-19-23-37(54-8)24-20-35/h10-28H,29-31H2,1-9H3. The summed E-state index contributed by atoms with van der Waals surface area (Å²) in [6.45, 7) is 14.2. The fourth-order valence-electron chi connectivity index (χ4n) is 11.1. The normalized spacial score (nSPS) is 17.7. The summed E-state index contributed by atoms with van der Waals surface area (Å²) in [7, 11) is 5.21. The van der Waals surface area contributed by atoms with E-state index in [1.165, 1.54) is 50.3 Å². The van der Waals surface area contributed by atoms with Crippen molar-refractivity contribution in [3.05, 3.63) is 148 Å². The van der Waals surface area contributed by atoms with E-state index in [4.69, 9.17) is 18.9 Å². The molecule has 6 aromatic carbocycles. The van der Waals surface area contributed by atoms with Gasteiger partial charge in [0.2, 0.25) is 0 Å². The van der Waals surface area contributed by atoms with Crippen molar-refractivity contribution in [2.45, 2.75) is 81.6 Å². The van der Waals surface area contributed by atoms with Crippen LogP contribution in [0.5, 0.6) is 23.0 Å². The number of rotatable bonds is 7. The molecule has 0 bridgehead atoms. The van der Waals surface area contributed by atoms with Crippen LogP contribution in [0.1, 0.15) is 85.9 Å². The lowest BCUT2D eigenvalue weighted by Gasteiger charge is -2.52. The van der Waals surface area contributed by atoms with Gasteiger partial charge in [-0.1, -0.05) is 112 Å². The van der Waals surface area contributed by atoms with Gasteiger partial charge in [0.1, 0.15) is 23.0 Å². The van der Waals surface area contributed by atoms with Crippen LogP contribution in [0.2, 0.25) is 0 Å². The Hall–Kier alpha value is -5.13. The molecule has 3 aliphatic rings. The Labute approximate surface area is 342 Å². The van der Waals surface area contributed by atoms with Crippen LogP contribution < -0.4 is 18.9 Å². The Bertz CT molecular complexity index is 2490. The van der Waals surface area contributed by atoms with Crippen LogP contribution in [0.25, 0.3) is 28.0 Å². The smallest absolute Gasteiger partial charge is 0.178 e. The molecule has 290 valence electrons. The highest BCUT2D eigenvalue weighted by Gasteiger charge is 2.55. The molecule has 1 aliphatic heterocycles. The van der Waals surface area contributed by atoms with Crippen molar-refractivity contribution in [2.24, 2.45) is 10.8 Å². The van der Waals surface area contributed by atoms with E-state index in [1.807, 2.05) is 24.3 Å². The molecule has 5 heteroatoms. The lowest BCUT2D eigenvalue weighted by atomic mass is 9.52. The van der Waals surface area contributed by atoms with E-state index in [-0.39, 0.29) is 16.2 Å². The first-order valence-corrected chi connectivity index (χ1v) is 20.9. The van der Waals surface area contributed by atoms with E-state index in [0.717, 1.165) is 62.6 Å². The molecule has 9 rings (SSSR count). The Kier molecular flexibility index (Phi) is 8.86. The van der Waals surface area contributed by atoms with E-state index in [9.17, 15) is 0 Å². The molecule has 1 saturated carbocycles. The van der Waals surface area contributed by atoms with Gasteiger partial charge in [-0.05, 0) is 125 Å². The summed E-state index contributed by atoms with van der Waals surface area (Å²) >= 11 is 1.77. The predicted molar refractivity (Wildman–Crippen MR) is 235 cm³/mol. The number of aryl methyl sites for hydroxylation is 2. The molecule has 0 aromatic heterocycles. The number of fused-ring (bicyclic) bond motifs is 10. The van der Waals surface area contributed by atoms with Crippen LogP contribution in [0.3, 0.4) is 0 Å². The number of hydrogen-bond donors (Lipinski definition) is 0. The lowest BCUT2D eigenvalue weighted by molar-refractivity contribution is 0.0642. The van der Waals surface area contributed by atoms with Crippen LogP contribution in [0, 0.1) is 24.7 Å². The van der Waals surface area contributed by atoms with Crippen molar-refractivity contribution < 1.29 is 18.9 Å². The van der Waals surface area contributed by atoms with Crippen molar-refractivity contribution in [1.82, 2.24) is 0 Å². The third kappa shape index (κ3) is 5.95. The van der Waals surface area contributed by atoms with E-state index in [1.54, 1.807) is 33.1 Å². The van der Waals surface area contributed by atoms with Gasteiger partial charge in [-0.3, -0.25) is 0 Å². The van der Waals surface area contributed by atoms with Gasteiger partial charge in [0.05, 0.1) is 26.2 Å². The summed E-state index contributed by atoms with van der Waals surface area (Å²) in [4.78, 5) is 2.30. The minimum absolute atomic E-state index is 0.122. The number of ether oxygens (including phenoxy) is 4. The molecule has 1 heterocycles. The highest BCUT2D eigenvalue weighted by molar-refractivity contribution is 7.99. The minimum Gasteiger partial charge on any atom is -0.497 e. The van der Waals surface area contributed by atoms with Gasteiger partial charge in [-0.15, -0.1) is 0 Å². The third-order valence-corrected chi connectivity index (χ3v) is 14.1. The third-order valence-electron chi connectivity index (χ3n) is 12.7. The fourth-order valence-corrected chi connectivity index (χ4v) is 12.2. The maximum Gasteiger partial charge on any atom is 0.178 e. The van der Waals surface area contributed by atoms with Gasteiger partial charge in [-0.25, -0.2) is 0 Å². The van der Waals surface area contributed by atoms with Crippen LogP contribution >= 0.6 is 11.8 Å². The van der Waals surface area contributed by atoms with E-state index >= 15 is 0 Å². The second-order valence-corrected chi connectivity index (χ2v) is 19.0. The van der Waals surface area contributed by atoms with Crippen molar-refractivity contribution >= 4 is 28.6 Å². The number of methoxy groups -OCH3 is 3. The minimum atomic E-state index is -0.934. The molecule has 4 nitrogen and oxygen atoms in total. The van der Waals surface area contributed by atoms with Crippen LogP contribution in [0.15, 0.2) is 119 Å². The molecule has 0 unspecified atom stereocenters. The maximum absolute atomic E-state index is 7.82. The summed E-state index contributed by atoms with van der Waals surface area (Å²) in [5, 5.41) is 2.24. The van der Waals surface area contributed by atoms with Gasteiger partial charge in [0.15, 0.2) is 5.60 Å². The van der Waals surface area contributed by atoms with E-state index < -0.39 is 5.60 Å². The molecule has 0 N–H and O–H groups in total. The van der Waals surface area contributed by atoms with Crippen LogP contribution in [-0.2, 0) is 11.0 Å². The summed E-state index contributed by atoms with van der Waals surface area (Å²) in [5.74, 6) is 3.37. The molecule has 0 saturated heterocycles. The summed E-state index contributed by atoms with van der Waals surface area (Å²) in [5.41, 5.74) is 10.2. The van der Waals surface area contributed by atoms with E-state index in [0.29, 0.717) is 0 Å². The summed E-state index contributed by atoms with van der Waals surface area (Å²) in [6.07, 6.45) is 7.96. The highest BCUT2D eigenvalue weighted by Crippen LogP contribution is 2.67. The van der Waals surface area contributed by atoms with Crippen LogP contribution in [-0.4, -0.2) is 21.3 Å². The van der Waals surface area contributed by atoms with Gasteiger partial charge >= 0.3 is 0 Å². The van der Waals surface area contributed by atoms with Gasteiger partial charge in [0.25, 0.3) is 0 Å². The average molecular weight is 773 g/mol. The van der Waals surface area contributed by atoms with Crippen molar-refractivity contribution in [3.8, 4) is 34.1 Å². The van der Waals surface area contributed by atoms with Crippen molar-refractivity contribution in [1.29, 1.82) is 0 Å². The first-order chi connectivity index (χ1) is 27.3. The summed E-state index contributed by atoms with van der Waals surface area (Å²) < 4.78 is 25.4. The van der Waals surface area contributed by atoms with Gasteiger partial charge in [-0.2, -0.15) is 0 Å². The average Bonchev–Trinajstić information content (AvgIpc) is 3.46. The summed E-state index contributed by atoms with van der Waals surface area (Å²) in [6, 6.07) is 36.9. The molecule has 2 aliphatic carbocycles.